The summed E-state index contributed by atoms with van der Waals surface area (Å²) in [4.78, 5) is 4.32. The molecule has 0 amide bonds. The second-order valence-corrected chi connectivity index (χ2v) is 8.28. The maximum absolute atomic E-state index is 8.07. The van der Waals surface area contributed by atoms with Crippen LogP contribution in [0.2, 0.25) is 0 Å². The minimum atomic E-state index is 0.239. The molecule has 5 nitrogen and oxygen atoms in total. The van der Waals surface area contributed by atoms with Gasteiger partial charge in [0.2, 0.25) is 0 Å². The first-order valence-electron chi connectivity index (χ1n) is 9.50. The molecule has 0 unspecified atom stereocenters. The third kappa shape index (κ3) is 4.94. The number of ether oxygens (including phenoxy) is 2. The summed E-state index contributed by atoms with van der Waals surface area (Å²) >= 11 is 0. The fraction of sp³-hybridized carbons (Fsp3) is 0.895. The van der Waals surface area contributed by atoms with Gasteiger partial charge >= 0.3 is 0 Å². The summed E-state index contributed by atoms with van der Waals surface area (Å²) in [6.45, 7) is 6.28. The molecule has 4 bridgehead atoms. The highest BCUT2D eigenvalue weighted by molar-refractivity contribution is 5.01. The van der Waals surface area contributed by atoms with Crippen molar-refractivity contribution in [3.05, 3.63) is 12.3 Å². The van der Waals surface area contributed by atoms with Gasteiger partial charge in [0.25, 0.3) is 0 Å². The zero-order chi connectivity index (χ0) is 16.8. The minimum Gasteiger partial charge on any atom is -0.381 e. The predicted octanol–water partition coefficient (Wildman–Crippen LogP) is 4.34. The molecule has 0 spiro atoms. The smallest absolute Gasteiger partial charge is 0.164 e. The molecule has 0 aromatic carbocycles. The van der Waals surface area contributed by atoms with Crippen molar-refractivity contribution in [1.82, 2.24) is 0 Å². The molecular formula is C19H32O5. The molecule has 4 aliphatic carbocycles. The molecular weight excluding hydrogens is 308 g/mol. The van der Waals surface area contributed by atoms with E-state index >= 15 is 0 Å². The van der Waals surface area contributed by atoms with E-state index in [1.165, 1.54) is 38.5 Å². The van der Waals surface area contributed by atoms with Crippen LogP contribution in [0.3, 0.4) is 0 Å². The number of rotatable bonds is 12. The standard InChI is InChI=1S/C19H32O5/c1-15(23-24-20)13-21-5-3-2-4-6-22-14-19-10-16-7-17(11-19)9-18(8-16)12-19/h16-18,20H,1-14H2. The predicted molar refractivity (Wildman–Crippen MR) is 90.0 cm³/mol. The van der Waals surface area contributed by atoms with Gasteiger partial charge in [-0.25, -0.2) is 5.26 Å². The van der Waals surface area contributed by atoms with Crippen LogP contribution in [0.1, 0.15) is 57.8 Å². The Labute approximate surface area is 145 Å². The van der Waals surface area contributed by atoms with Gasteiger partial charge in [0.05, 0.1) is 6.61 Å². The van der Waals surface area contributed by atoms with Crippen molar-refractivity contribution in [2.75, 3.05) is 26.4 Å². The first-order chi connectivity index (χ1) is 11.7. The largest absolute Gasteiger partial charge is 0.381 e. The molecule has 0 radical (unpaired) electrons. The van der Waals surface area contributed by atoms with Gasteiger partial charge in [0, 0.05) is 13.2 Å². The summed E-state index contributed by atoms with van der Waals surface area (Å²) in [6, 6.07) is 0. The minimum absolute atomic E-state index is 0.239. The van der Waals surface area contributed by atoms with Crippen LogP contribution in [-0.4, -0.2) is 31.7 Å². The third-order valence-electron chi connectivity index (χ3n) is 6.07. The molecule has 0 heterocycles. The second kappa shape index (κ2) is 8.65. The first-order valence-corrected chi connectivity index (χ1v) is 9.50. The Morgan fingerprint density at radius 1 is 0.917 bits per heavy atom. The molecule has 1 N–H and O–H groups in total. The van der Waals surface area contributed by atoms with Crippen LogP contribution in [0, 0.1) is 23.2 Å². The van der Waals surface area contributed by atoms with E-state index in [-0.39, 0.29) is 12.4 Å². The molecule has 5 heteroatoms. The molecule has 0 saturated heterocycles. The lowest BCUT2D eigenvalue weighted by molar-refractivity contribution is -0.473. The maximum Gasteiger partial charge on any atom is 0.164 e. The highest BCUT2D eigenvalue weighted by Crippen LogP contribution is 2.60. The lowest BCUT2D eigenvalue weighted by atomic mass is 9.50. The average molecular weight is 340 g/mol. The Morgan fingerprint density at radius 2 is 1.50 bits per heavy atom. The molecule has 4 fully saturated rings. The Hall–Kier alpha value is -0.620. The summed E-state index contributed by atoms with van der Waals surface area (Å²) in [5.74, 6) is 3.28. The van der Waals surface area contributed by atoms with Crippen LogP contribution < -0.4 is 0 Å². The summed E-state index contributed by atoms with van der Waals surface area (Å²) in [5.41, 5.74) is 0.535. The quantitative estimate of drug-likeness (QED) is 0.248. The van der Waals surface area contributed by atoms with Crippen molar-refractivity contribution >= 4 is 0 Å². The van der Waals surface area contributed by atoms with E-state index in [0.29, 0.717) is 12.0 Å². The summed E-state index contributed by atoms with van der Waals surface area (Å²) < 4.78 is 11.4. The van der Waals surface area contributed by atoms with E-state index in [9.17, 15) is 0 Å². The van der Waals surface area contributed by atoms with Gasteiger partial charge < -0.3 is 14.4 Å². The van der Waals surface area contributed by atoms with Crippen LogP contribution in [0.15, 0.2) is 12.3 Å². The van der Waals surface area contributed by atoms with E-state index in [2.05, 4.69) is 16.5 Å². The normalized spacial score (nSPS) is 33.8. The van der Waals surface area contributed by atoms with E-state index in [0.717, 1.165) is 50.2 Å². The van der Waals surface area contributed by atoms with Gasteiger partial charge in [-0.2, -0.15) is 0 Å². The molecule has 4 rings (SSSR count). The first kappa shape index (κ1) is 18.2. The second-order valence-electron chi connectivity index (χ2n) is 8.28. The molecule has 0 aromatic heterocycles. The van der Waals surface area contributed by atoms with Crippen molar-refractivity contribution in [2.45, 2.75) is 57.8 Å². The van der Waals surface area contributed by atoms with Crippen molar-refractivity contribution in [1.29, 1.82) is 0 Å². The maximum atomic E-state index is 8.07. The van der Waals surface area contributed by atoms with E-state index < -0.39 is 0 Å². The molecule has 4 saturated carbocycles. The van der Waals surface area contributed by atoms with Crippen LogP contribution in [-0.2, 0) is 19.4 Å². The summed E-state index contributed by atoms with van der Waals surface area (Å²) in [5, 5.41) is 11.6. The van der Waals surface area contributed by atoms with Gasteiger partial charge in [-0.1, -0.05) is 6.58 Å². The number of hydrogen-bond acceptors (Lipinski definition) is 5. The fourth-order valence-corrected chi connectivity index (χ4v) is 5.60. The number of hydrogen-bond donors (Lipinski definition) is 1. The van der Waals surface area contributed by atoms with Crippen molar-refractivity contribution in [3.8, 4) is 0 Å². The zero-order valence-electron chi connectivity index (χ0n) is 14.7. The highest BCUT2D eigenvalue weighted by Gasteiger charge is 2.50. The Bertz CT molecular complexity index is 373. The Kier molecular flexibility index (Phi) is 6.56. The Morgan fingerprint density at radius 3 is 2.08 bits per heavy atom. The zero-order valence-corrected chi connectivity index (χ0v) is 14.7. The van der Waals surface area contributed by atoms with E-state index in [1.54, 1.807) is 0 Å². The molecule has 138 valence electrons. The summed E-state index contributed by atoms with van der Waals surface area (Å²) in [6.07, 6.45) is 12.0. The highest BCUT2D eigenvalue weighted by atomic mass is 17.5. The van der Waals surface area contributed by atoms with E-state index in [1.807, 2.05) is 0 Å². The molecule has 0 atom stereocenters. The molecule has 0 aromatic rings. The molecule has 24 heavy (non-hydrogen) atoms. The van der Waals surface area contributed by atoms with Crippen LogP contribution in [0.5, 0.6) is 0 Å². The Balaban J connectivity index is 1.19. The number of unbranched alkanes of at least 4 members (excludes halogenated alkanes) is 2. The van der Waals surface area contributed by atoms with E-state index in [4.69, 9.17) is 14.7 Å². The van der Waals surface area contributed by atoms with Crippen LogP contribution in [0.25, 0.3) is 0 Å². The van der Waals surface area contributed by atoms with Crippen molar-refractivity contribution in [3.63, 3.8) is 0 Å². The topological polar surface area (TPSA) is 57.2 Å². The van der Waals surface area contributed by atoms with Crippen molar-refractivity contribution < 1.29 is 24.7 Å². The molecule has 4 aliphatic rings. The SMILES string of the molecule is C=C(COCCCCCOCC12CC3CC(CC(C3)C1)C2)OOO. The monoisotopic (exact) mass is 340 g/mol. The van der Waals surface area contributed by atoms with Crippen LogP contribution >= 0.6 is 0 Å². The fourth-order valence-electron chi connectivity index (χ4n) is 5.60. The van der Waals surface area contributed by atoms with Gasteiger partial charge in [-0.05, 0) is 86.0 Å². The lowest BCUT2D eigenvalue weighted by Gasteiger charge is -2.56. The third-order valence-corrected chi connectivity index (χ3v) is 6.07. The van der Waals surface area contributed by atoms with Gasteiger partial charge in [-0.3, -0.25) is 0 Å². The lowest BCUT2D eigenvalue weighted by Crippen LogP contribution is -2.48. The van der Waals surface area contributed by atoms with Crippen LogP contribution in [0.4, 0.5) is 0 Å². The average Bonchev–Trinajstić information content (AvgIpc) is 2.52. The van der Waals surface area contributed by atoms with Gasteiger partial charge in [0.15, 0.2) is 5.76 Å². The molecule has 0 aliphatic heterocycles. The van der Waals surface area contributed by atoms with Crippen molar-refractivity contribution in [2.24, 2.45) is 23.2 Å². The van der Waals surface area contributed by atoms with Gasteiger partial charge in [0.1, 0.15) is 6.61 Å². The summed E-state index contributed by atoms with van der Waals surface area (Å²) in [7, 11) is 0. The van der Waals surface area contributed by atoms with Gasteiger partial charge in [-0.15, -0.1) is 0 Å².